The van der Waals surface area contributed by atoms with Crippen LogP contribution in [0.15, 0.2) is 22.7 Å². The third kappa shape index (κ3) is 3.53. The van der Waals surface area contributed by atoms with Gasteiger partial charge in [0.15, 0.2) is 0 Å². The van der Waals surface area contributed by atoms with Crippen LogP contribution in [0.2, 0.25) is 0 Å². The van der Waals surface area contributed by atoms with Crippen molar-refractivity contribution in [2.75, 3.05) is 0 Å². The molecule has 19 heavy (non-hydrogen) atoms. The van der Waals surface area contributed by atoms with Gasteiger partial charge in [-0.15, -0.1) is 0 Å². The van der Waals surface area contributed by atoms with Crippen LogP contribution in [0, 0.1) is 11.7 Å². The highest BCUT2D eigenvalue weighted by Gasteiger charge is 2.30. The summed E-state index contributed by atoms with van der Waals surface area (Å²) < 4.78 is 13.7. The fourth-order valence-electron chi connectivity index (χ4n) is 2.29. The van der Waals surface area contributed by atoms with E-state index in [2.05, 4.69) is 21.2 Å². The lowest BCUT2D eigenvalue weighted by molar-refractivity contribution is -0.141. The van der Waals surface area contributed by atoms with Crippen molar-refractivity contribution in [3.05, 3.63) is 34.1 Å². The molecule has 0 bridgehead atoms. The topological polar surface area (TPSA) is 66.4 Å². The Morgan fingerprint density at radius 3 is 2.63 bits per heavy atom. The number of carboxylic acid groups (broad SMARTS) is 1. The first-order valence-electron chi connectivity index (χ1n) is 5.95. The van der Waals surface area contributed by atoms with E-state index >= 15 is 0 Å². The summed E-state index contributed by atoms with van der Waals surface area (Å²) >= 11 is 3.12. The molecular formula is C13H13BrFNO3. The van der Waals surface area contributed by atoms with E-state index in [1.165, 1.54) is 12.1 Å². The summed E-state index contributed by atoms with van der Waals surface area (Å²) in [6.07, 6.45) is 1.63. The minimum Gasteiger partial charge on any atom is -0.481 e. The van der Waals surface area contributed by atoms with E-state index in [1.807, 2.05) is 0 Å². The highest BCUT2D eigenvalue weighted by molar-refractivity contribution is 9.10. The van der Waals surface area contributed by atoms with Gasteiger partial charge in [0.1, 0.15) is 5.82 Å². The van der Waals surface area contributed by atoms with Crippen LogP contribution in [0.1, 0.15) is 29.6 Å². The van der Waals surface area contributed by atoms with Crippen molar-refractivity contribution < 1.29 is 19.1 Å². The van der Waals surface area contributed by atoms with Crippen molar-refractivity contribution in [1.82, 2.24) is 5.32 Å². The monoisotopic (exact) mass is 329 g/mol. The van der Waals surface area contributed by atoms with Crippen molar-refractivity contribution in [2.45, 2.75) is 25.3 Å². The highest BCUT2D eigenvalue weighted by Crippen LogP contribution is 2.26. The van der Waals surface area contributed by atoms with E-state index in [0.29, 0.717) is 23.7 Å². The molecule has 1 aliphatic carbocycles. The first kappa shape index (κ1) is 14.0. The summed E-state index contributed by atoms with van der Waals surface area (Å²) in [6, 6.07) is 3.80. The molecule has 0 heterocycles. The molecule has 1 aromatic rings. The maximum atomic E-state index is 13.2. The molecule has 2 N–H and O–H groups in total. The van der Waals surface area contributed by atoms with E-state index in [-0.39, 0.29) is 17.5 Å². The molecule has 0 aliphatic heterocycles. The van der Waals surface area contributed by atoms with Crippen LogP contribution in [-0.2, 0) is 4.79 Å². The SMILES string of the molecule is O=C(NC1CCC(C(=O)O)C1)c1cc(F)cc(Br)c1. The van der Waals surface area contributed by atoms with Crippen molar-refractivity contribution in [3.63, 3.8) is 0 Å². The number of nitrogens with one attached hydrogen (secondary N) is 1. The van der Waals surface area contributed by atoms with Crippen LogP contribution >= 0.6 is 15.9 Å². The molecule has 0 saturated heterocycles. The number of benzene rings is 1. The lowest BCUT2D eigenvalue weighted by Crippen LogP contribution is -2.33. The third-order valence-electron chi connectivity index (χ3n) is 3.24. The Hall–Kier alpha value is -1.43. The summed E-state index contributed by atoms with van der Waals surface area (Å²) in [5, 5.41) is 11.6. The van der Waals surface area contributed by atoms with E-state index in [0.717, 1.165) is 6.07 Å². The first-order chi connectivity index (χ1) is 8.95. The fraction of sp³-hybridized carbons (Fsp3) is 0.385. The van der Waals surface area contributed by atoms with Crippen molar-refractivity contribution in [3.8, 4) is 0 Å². The highest BCUT2D eigenvalue weighted by atomic mass is 79.9. The van der Waals surface area contributed by atoms with Gasteiger partial charge in [-0.1, -0.05) is 15.9 Å². The average molecular weight is 330 g/mol. The number of carboxylic acids is 1. The number of carbonyl (C=O) groups is 2. The number of carbonyl (C=O) groups excluding carboxylic acids is 1. The lowest BCUT2D eigenvalue weighted by Gasteiger charge is -2.12. The van der Waals surface area contributed by atoms with Gasteiger partial charge in [0.25, 0.3) is 5.91 Å². The molecule has 1 saturated carbocycles. The minimum absolute atomic E-state index is 0.157. The smallest absolute Gasteiger partial charge is 0.306 e. The zero-order valence-corrected chi connectivity index (χ0v) is 11.6. The van der Waals surface area contributed by atoms with Crippen molar-refractivity contribution >= 4 is 27.8 Å². The maximum absolute atomic E-state index is 13.2. The summed E-state index contributed by atoms with van der Waals surface area (Å²) in [7, 11) is 0. The van der Waals surface area contributed by atoms with Gasteiger partial charge in [0.2, 0.25) is 0 Å². The average Bonchev–Trinajstić information content (AvgIpc) is 2.76. The predicted molar refractivity (Wildman–Crippen MR) is 70.3 cm³/mol. The molecule has 2 atom stereocenters. The van der Waals surface area contributed by atoms with Crippen LogP contribution in [0.4, 0.5) is 4.39 Å². The van der Waals surface area contributed by atoms with E-state index in [1.54, 1.807) is 0 Å². The molecule has 1 aliphatic rings. The van der Waals surface area contributed by atoms with E-state index < -0.39 is 17.7 Å². The van der Waals surface area contributed by atoms with Gasteiger partial charge in [0.05, 0.1) is 5.92 Å². The molecule has 0 aromatic heterocycles. The Morgan fingerprint density at radius 2 is 2.05 bits per heavy atom. The van der Waals surface area contributed by atoms with Gasteiger partial charge in [0, 0.05) is 16.1 Å². The number of aliphatic carboxylic acids is 1. The fourth-order valence-corrected chi connectivity index (χ4v) is 2.76. The molecule has 2 unspecified atom stereocenters. The van der Waals surface area contributed by atoms with Crippen LogP contribution in [0.25, 0.3) is 0 Å². The molecule has 6 heteroatoms. The van der Waals surface area contributed by atoms with Gasteiger partial charge in [-0.3, -0.25) is 9.59 Å². The molecule has 4 nitrogen and oxygen atoms in total. The maximum Gasteiger partial charge on any atom is 0.306 e. The van der Waals surface area contributed by atoms with Gasteiger partial charge in [-0.05, 0) is 37.5 Å². The van der Waals surface area contributed by atoms with Crippen LogP contribution in [0.5, 0.6) is 0 Å². The number of rotatable bonds is 3. The summed E-state index contributed by atoms with van der Waals surface area (Å²) in [5.74, 6) is -2.10. The normalized spacial score (nSPS) is 22.2. The zero-order valence-electron chi connectivity index (χ0n) is 10.0. The summed E-state index contributed by atoms with van der Waals surface area (Å²) in [5.41, 5.74) is 0.227. The molecule has 0 radical (unpaired) electrons. The van der Waals surface area contributed by atoms with Crippen molar-refractivity contribution in [1.29, 1.82) is 0 Å². The molecule has 1 aromatic carbocycles. The number of hydrogen-bond acceptors (Lipinski definition) is 2. The second kappa shape index (κ2) is 5.69. The van der Waals surface area contributed by atoms with E-state index in [4.69, 9.17) is 5.11 Å². The number of halogens is 2. The Balaban J connectivity index is 2.00. The molecule has 102 valence electrons. The Kier molecular flexibility index (Phi) is 4.19. The minimum atomic E-state index is -0.828. The van der Waals surface area contributed by atoms with Gasteiger partial charge in [-0.2, -0.15) is 0 Å². The van der Waals surface area contributed by atoms with Crippen LogP contribution < -0.4 is 5.32 Å². The molecule has 2 rings (SSSR count). The van der Waals surface area contributed by atoms with E-state index in [9.17, 15) is 14.0 Å². The van der Waals surface area contributed by atoms with Crippen molar-refractivity contribution in [2.24, 2.45) is 5.92 Å². The Morgan fingerprint density at radius 1 is 1.32 bits per heavy atom. The van der Waals surface area contributed by atoms with Gasteiger partial charge >= 0.3 is 5.97 Å². The zero-order chi connectivity index (χ0) is 14.0. The summed E-state index contributed by atoms with van der Waals surface area (Å²) in [4.78, 5) is 22.8. The Labute approximate surface area is 118 Å². The standard InChI is InChI=1S/C13H13BrFNO3/c14-9-3-8(4-10(15)6-9)12(17)16-11-2-1-7(5-11)13(18)19/h3-4,6-7,11H,1-2,5H2,(H,16,17)(H,18,19). The molecular weight excluding hydrogens is 317 g/mol. The quantitative estimate of drug-likeness (QED) is 0.895. The predicted octanol–water partition coefficient (Wildman–Crippen LogP) is 2.57. The molecule has 1 fully saturated rings. The van der Waals surface area contributed by atoms with Gasteiger partial charge < -0.3 is 10.4 Å². The summed E-state index contributed by atoms with van der Waals surface area (Å²) in [6.45, 7) is 0. The largest absolute Gasteiger partial charge is 0.481 e. The molecule has 1 amide bonds. The number of amides is 1. The lowest BCUT2D eigenvalue weighted by atomic mass is 10.1. The first-order valence-corrected chi connectivity index (χ1v) is 6.75. The number of hydrogen-bond donors (Lipinski definition) is 2. The van der Waals surface area contributed by atoms with Crippen LogP contribution in [-0.4, -0.2) is 23.0 Å². The molecule has 0 spiro atoms. The van der Waals surface area contributed by atoms with Gasteiger partial charge in [-0.25, -0.2) is 4.39 Å². The second-order valence-electron chi connectivity index (χ2n) is 4.68. The Bertz CT molecular complexity index is 500. The third-order valence-corrected chi connectivity index (χ3v) is 3.70. The second-order valence-corrected chi connectivity index (χ2v) is 5.59. The van der Waals surface area contributed by atoms with Crippen LogP contribution in [0.3, 0.4) is 0 Å².